The van der Waals surface area contributed by atoms with Crippen LogP contribution in [0, 0.1) is 11.8 Å². The van der Waals surface area contributed by atoms with E-state index < -0.39 is 0 Å². The zero-order chi connectivity index (χ0) is 10.0. The van der Waals surface area contributed by atoms with Crippen LogP contribution in [0.5, 0.6) is 0 Å². The maximum atomic E-state index is 4.47. The lowest BCUT2D eigenvalue weighted by molar-refractivity contribution is 0.377. The number of aromatic nitrogens is 2. The summed E-state index contributed by atoms with van der Waals surface area (Å²) < 4.78 is 1.88. The molecular formula is C11H20N2. The van der Waals surface area contributed by atoms with Crippen LogP contribution in [0.15, 0.2) is 12.3 Å². The van der Waals surface area contributed by atoms with Crippen molar-refractivity contribution < 1.29 is 0 Å². The van der Waals surface area contributed by atoms with Gasteiger partial charge in [0.25, 0.3) is 0 Å². The predicted molar refractivity (Wildman–Crippen MR) is 55.6 cm³/mol. The first-order valence-corrected chi connectivity index (χ1v) is 5.02. The van der Waals surface area contributed by atoms with Crippen molar-refractivity contribution >= 4 is 0 Å². The molecular weight excluding hydrogens is 160 g/mol. The van der Waals surface area contributed by atoms with Crippen molar-refractivity contribution in [3.05, 3.63) is 18.0 Å². The molecule has 0 aromatic carbocycles. The van der Waals surface area contributed by atoms with Crippen LogP contribution in [0.1, 0.15) is 39.3 Å². The molecule has 0 aliphatic carbocycles. The minimum atomic E-state index is 0.584. The zero-order valence-electron chi connectivity index (χ0n) is 9.28. The van der Waals surface area contributed by atoms with E-state index in [1.165, 1.54) is 5.69 Å². The van der Waals surface area contributed by atoms with Gasteiger partial charge in [-0.05, 0) is 17.9 Å². The molecule has 0 saturated carbocycles. The average molecular weight is 180 g/mol. The maximum absolute atomic E-state index is 4.47. The highest BCUT2D eigenvalue weighted by molar-refractivity contribution is 5.08. The van der Waals surface area contributed by atoms with Gasteiger partial charge >= 0.3 is 0 Å². The summed E-state index contributed by atoms with van der Waals surface area (Å²) in [6, 6.07) is 2.13. The third-order valence-electron chi connectivity index (χ3n) is 2.51. The van der Waals surface area contributed by atoms with Crippen molar-refractivity contribution in [2.45, 2.75) is 33.6 Å². The molecule has 0 saturated heterocycles. The fourth-order valence-corrected chi connectivity index (χ4v) is 2.06. The summed E-state index contributed by atoms with van der Waals surface area (Å²) in [6.07, 6.45) is 2.02. The predicted octanol–water partition coefficient (Wildman–Crippen LogP) is 2.82. The molecule has 2 nitrogen and oxygen atoms in total. The van der Waals surface area contributed by atoms with E-state index in [1.807, 2.05) is 17.9 Å². The van der Waals surface area contributed by atoms with E-state index in [4.69, 9.17) is 0 Å². The van der Waals surface area contributed by atoms with Gasteiger partial charge in [-0.1, -0.05) is 27.7 Å². The monoisotopic (exact) mass is 180 g/mol. The van der Waals surface area contributed by atoms with E-state index in [1.54, 1.807) is 0 Å². The normalized spacial score (nSPS) is 12.0. The fourth-order valence-electron chi connectivity index (χ4n) is 2.06. The highest BCUT2D eigenvalue weighted by atomic mass is 15.2. The number of hydrogen-bond acceptors (Lipinski definition) is 1. The van der Waals surface area contributed by atoms with E-state index in [2.05, 4.69) is 38.9 Å². The molecule has 1 aromatic rings. The molecule has 74 valence electrons. The second-order valence-electron chi connectivity index (χ2n) is 4.43. The van der Waals surface area contributed by atoms with Gasteiger partial charge in [-0.15, -0.1) is 0 Å². The molecule has 1 rings (SSSR count). The highest BCUT2D eigenvalue weighted by Crippen LogP contribution is 2.30. The molecule has 0 spiro atoms. The zero-order valence-corrected chi connectivity index (χ0v) is 9.28. The van der Waals surface area contributed by atoms with Crippen LogP contribution >= 0.6 is 0 Å². The molecule has 1 aromatic heterocycles. The Balaban J connectivity index is 2.88. The third-order valence-corrected chi connectivity index (χ3v) is 2.51. The fraction of sp³-hybridized carbons (Fsp3) is 0.727. The molecule has 0 N–H and O–H groups in total. The Hall–Kier alpha value is -0.790. The van der Waals surface area contributed by atoms with Crippen molar-refractivity contribution in [3.63, 3.8) is 0 Å². The first-order valence-electron chi connectivity index (χ1n) is 5.02. The number of nitrogens with zero attached hydrogens (tertiary/aromatic N) is 2. The Morgan fingerprint density at radius 3 is 2.00 bits per heavy atom. The highest BCUT2D eigenvalue weighted by Gasteiger charge is 2.21. The lowest BCUT2D eigenvalue weighted by atomic mass is 9.83. The number of rotatable bonds is 3. The van der Waals surface area contributed by atoms with E-state index in [9.17, 15) is 0 Å². The van der Waals surface area contributed by atoms with Crippen molar-refractivity contribution in [1.82, 2.24) is 9.78 Å². The standard InChI is InChI=1S/C11H20N2/c1-8(2)11(9(3)4)10-6-7-13(5)12-10/h6-9,11H,1-5H3. The van der Waals surface area contributed by atoms with Gasteiger partial charge in [-0.25, -0.2) is 0 Å². The minimum absolute atomic E-state index is 0.584. The van der Waals surface area contributed by atoms with Crippen LogP contribution in [0.2, 0.25) is 0 Å². The topological polar surface area (TPSA) is 17.8 Å². The molecule has 13 heavy (non-hydrogen) atoms. The van der Waals surface area contributed by atoms with Gasteiger partial charge in [0.05, 0.1) is 5.69 Å². The molecule has 0 amide bonds. The first-order chi connectivity index (χ1) is 6.02. The van der Waals surface area contributed by atoms with Crippen LogP contribution in [-0.2, 0) is 7.05 Å². The average Bonchev–Trinajstić information content (AvgIpc) is 2.34. The van der Waals surface area contributed by atoms with Crippen LogP contribution < -0.4 is 0 Å². The minimum Gasteiger partial charge on any atom is -0.276 e. The summed E-state index contributed by atoms with van der Waals surface area (Å²) in [5.74, 6) is 1.91. The molecule has 0 radical (unpaired) electrons. The number of hydrogen-bond donors (Lipinski definition) is 0. The summed E-state index contributed by atoms with van der Waals surface area (Å²) in [6.45, 7) is 9.05. The van der Waals surface area contributed by atoms with E-state index in [-0.39, 0.29) is 0 Å². The maximum Gasteiger partial charge on any atom is 0.0660 e. The summed E-state index contributed by atoms with van der Waals surface area (Å²) in [5.41, 5.74) is 1.23. The van der Waals surface area contributed by atoms with Gasteiger partial charge in [0.1, 0.15) is 0 Å². The van der Waals surface area contributed by atoms with Gasteiger partial charge in [-0.2, -0.15) is 5.10 Å². The van der Waals surface area contributed by atoms with Gasteiger partial charge in [-0.3, -0.25) is 4.68 Å². The lowest BCUT2D eigenvalue weighted by Crippen LogP contribution is -2.14. The summed E-state index contributed by atoms with van der Waals surface area (Å²) >= 11 is 0. The molecule has 0 aliphatic rings. The SMILES string of the molecule is CC(C)C(c1ccn(C)n1)C(C)C. The largest absolute Gasteiger partial charge is 0.276 e. The third kappa shape index (κ3) is 2.33. The van der Waals surface area contributed by atoms with Crippen molar-refractivity contribution in [1.29, 1.82) is 0 Å². The van der Waals surface area contributed by atoms with Crippen LogP contribution in [0.3, 0.4) is 0 Å². The Labute approximate surface area is 81.0 Å². The Morgan fingerprint density at radius 1 is 1.15 bits per heavy atom. The van der Waals surface area contributed by atoms with Gasteiger partial charge in [0.15, 0.2) is 0 Å². The summed E-state index contributed by atoms with van der Waals surface area (Å²) in [5, 5.41) is 4.47. The molecule has 0 bridgehead atoms. The second kappa shape index (κ2) is 3.95. The van der Waals surface area contributed by atoms with Crippen molar-refractivity contribution in [3.8, 4) is 0 Å². The Bertz CT molecular complexity index is 253. The quantitative estimate of drug-likeness (QED) is 0.699. The number of aryl methyl sites for hydroxylation is 1. The van der Waals surface area contributed by atoms with Crippen LogP contribution in [-0.4, -0.2) is 9.78 Å². The lowest BCUT2D eigenvalue weighted by Gasteiger charge is -2.22. The van der Waals surface area contributed by atoms with Crippen LogP contribution in [0.25, 0.3) is 0 Å². The Morgan fingerprint density at radius 2 is 1.69 bits per heavy atom. The molecule has 0 aliphatic heterocycles. The molecule has 1 heterocycles. The molecule has 2 heteroatoms. The van der Waals surface area contributed by atoms with E-state index in [0.29, 0.717) is 17.8 Å². The Kier molecular flexibility index (Phi) is 3.12. The second-order valence-corrected chi connectivity index (χ2v) is 4.43. The van der Waals surface area contributed by atoms with Crippen molar-refractivity contribution in [2.75, 3.05) is 0 Å². The van der Waals surface area contributed by atoms with Gasteiger partial charge in [0, 0.05) is 19.2 Å². The van der Waals surface area contributed by atoms with Crippen LogP contribution in [0.4, 0.5) is 0 Å². The summed E-state index contributed by atoms with van der Waals surface area (Å²) in [7, 11) is 1.97. The van der Waals surface area contributed by atoms with E-state index in [0.717, 1.165) is 0 Å². The smallest absolute Gasteiger partial charge is 0.0660 e. The van der Waals surface area contributed by atoms with Gasteiger partial charge < -0.3 is 0 Å². The first kappa shape index (κ1) is 10.3. The van der Waals surface area contributed by atoms with E-state index >= 15 is 0 Å². The molecule has 0 fully saturated rings. The summed E-state index contributed by atoms with van der Waals surface area (Å²) in [4.78, 5) is 0. The van der Waals surface area contributed by atoms with Gasteiger partial charge in [0.2, 0.25) is 0 Å². The van der Waals surface area contributed by atoms with Crippen molar-refractivity contribution in [2.24, 2.45) is 18.9 Å². The molecule has 0 unspecified atom stereocenters. The molecule has 0 atom stereocenters.